The van der Waals surface area contributed by atoms with Crippen LogP contribution in [0.4, 0.5) is 0 Å². The van der Waals surface area contributed by atoms with Gasteiger partial charge in [0.05, 0.1) is 0 Å². The van der Waals surface area contributed by atoms with E-state index in [0.29, 0.717) is 6.61 Å². The van der Waals surface area contributed by atoms with E-state index in [4.69, 9.17) is 5.11 Å². The van der Waals surface area contributed by atoms with Gasteiger partial charge in [-0.2, -0.15) is 0 Å². The Kier molecular flexibility index (Phi) is 9.35. The summed E-state index contributed by atoms with van der Waals surface area (Å²) >= 11 is 0. The molecule has 14 heavy (non-hydrogen) atoms. The molecule has 86 valence electrons. The molecule has 3 nitrogen and oxygen atoms in total. The summed E-state index contributed by atoms with van der Waals surface area (Å²) < 4.78 is 0. The lowest BCUT2D eigenvalue weighted by Crippen LogP contribution is -2.27. The van der Waals surface area contributed by atoms with Gasteiger partial charge < -0.3 is 10.2 Å². The summed E-state index contributed by atoms with van der Waals surface area (Å²) in [4.78, 5) is 1.84. The van der Waals surface area contributed by atoms with Crippen molar-refractivity contribution in [3.8, 4) is 0 Å². The fourth-order valence-electron chi connectivity index (χ4n) is 1.40. The van der Waals surface area contributed by atoms with E-state index in [9.17, 15) is 5.11 Å². The van der Waals surface area contributed by atoms with Crippen molar-refractivity contribution in [2.24, 2.45) is 0 Å². The molecule has 0 aromatic carbocycles. The lowest BCUT2D eigenvalue weighted by molar-refractivity contribution is 0.0313. The average molecular weight is 203 g/mol. The van der Waals surface area contributed by atoms with Gasteiger partial charge in [-0.25, -0.2) is 0 Å². The smallest absolute Gasteiger partial charge is 0.106 e. The molecule has 0 spiro atoms. The molecule has 0 aromatic rings. The predicted octanol–water partition coefficient (Wildman–Crippen LogP) is 1.59. The Morgan fingerprint density at radius 2 is 1.43 bits per heavy atom. The minimum absolute atomic E-state index is 0.285. The monoisotopic (exact) mass is 203 g/mol. The number of aliphatic hydroxyl groups is 2. The zero-order valence-electron chi connectivity index (χ0n) is 9.58. The van der Waals surface area contributed by atoms with Gasteiger partial charge in [0.15, 0.2) is 0 Å². The molecule has 0 aromatic heterocycles. The van der Waals surface area contributed by atoms with Crippen LogP contribution >= 0.6 is 0 Å². The maximum absolute atomic E-state index is 9.46. The third-order valence-electron chi connectivity index (χ3n) is 2.47. The number of rotatable bonds is 9. The minimum Gasteiger partial charge on any atom is -0.396 e. The first kappa shape index (κ1) is 13.9. The largest absolute Gasteiger partial charge is 0.396 e. The number of unbranched alkanes of at least 4 members (excludes halogenated alkanes) is 5. The molecule has 0 saturated heterocycles. The highest BCUT2D eigenvalue weighted by Crippen LogP contribution is 2.09. The normalized spacial score (nSPS) is 13.5. The highest BCUT2D eigenvalue weighted by atomic mass is 16.3. The van der Waals surface area contributed by atoms with Crippen molar-refractivity contribution in [2.75, 3.05) is 20.7 Å². The lowest BCUT2D eigenvalue weighted by atomic mass is 10.1. The second kappa shape index (κ2) is 9.44. The summed E-state index contributed by atoms with van der Waals surface area (Å²) in [6.07, 6.45) is 7.36. The van der Waals surface area contributed by atoms with E-state index in [1.807, 2.05) is 19.0 Å². The Bertz CT molecular complexity index is 118. The molecular weight excluding hydrogens is 178 g/mol. The molecule has 0 aliphatic heterocycles. The summed E-state index contributed by atoms with van der Waals surface area (Å²) in [6, 6.07) is 0. The SMILES string of the molecule is CN(C)C(O)CCCCCCCCO. The number of hydrogen-bond donors (Lipinski definition) is 2. The molecule has 0 rings (SSSR count). The fourth-order valence-corrected chi connectivity index (χ4v) is 1.40. The van der Waals surface area contributed by atoms with Gasteiger partial charge in [0.2, 0.25) is 0 Å². The standard InChI is InChI=1S/C11H25NO2/c1-12(2)11(14)9-7-5-3-4-6-8-10-13/h11,13-14H,3-10H2,1-2H3. The van der Waals surface area contributed by atoms with Crippen molar-refractivity contribution in [2.45, 2.75) is 51.2 Å². The van der Waals surface area contributed by atoms with Crippen LogP contribution in [0.25, 0.3) is 0 Å². The second-order valence-electron chi connectivity index (χ2n) is 4.08. The first-order valence-electron chi connectivity index (χ1n) is 5.64. The van der Waals surface area contributed by atoms with E-state index in [1.165, 1.54) is 19.3 Å². The Morgan fingerprint density at radius 3 is 1.93 bits per heavy atom. The van der Waals surface area contributed by atoms with E-state index in [0.717, 1.165) is 25.7 Å². The maximum atomic E-state index is 9.46. The second-order valence-corrected chi connectivity index (χ2v) is 4.08. The Morgan fingerprint density at radius 1 is 0.929 bits per heavy atom. The molecule has 0 amide bonds. The Labute approximate surface area is 87.7 Å². The number of nitrogens with zero attached hydrogens (tertiary/aromatic N) is 1. The maximum Gasteiger partial charge on any atom is 0.106 e. The van der Waals surface area contributed by atoms with Gasteiger partial charge in [-0.05, 0) is 33.4 Å². The van der Waals surface area contributed by atoms with Crippen LogP contribution in [0.1, 0.15) is 44.9 Å². The van der Waals surface area contributed by atoms with E-state index in [2.05, 4.69) is 0 Å². The van der Waals surface area contributed by atoms with Crippen molar-refractivity contribution >= 4 is 0 Å². The van der Waals surface area contributed by atoms with Crippen LogP contribution in [-0.2, 0) is 0 Å². The fraction of sp³-hybridized carbons (Fsp3) is 1.00. The van der Waals surface area contributed by atoms with Crippen LogP contribution < -0.4 is 0 Å². The lowest BCUT2D eigenvalue weighted by Gasteiger charge is -2.17. The van der Waals surface area contributed by atoms with Gasteiger partial charge in [-0.1, -0.05) is 25.7 Å². The van der Waals surface area contributed by atoms with Crippen molar-refractivity contribution < 1.29 is 10.2 Å². The molecule has 1 atom stereocenters. The molecule has 0 fully saturated rings. The summed E-state index contributed by atoms with van der Waals surface area (Å²) in [5.74, 6) is 0. The summed E-state index contributed by atoms with van der Waals surface area (Å²) in [7, 11) is 3.79. The molecule has 2 N–H and O–H groups in total. The van der Waals surface area contributed by atoms with E-state index in [1.54, 1.807) is 0 Å². The van der Waals surface area contributed by atoms with Gasteiger partial charge in [0.1, 0.15) is 6.23 Å². The molecular formula is C11H25NO2. The van der Waals surface area contributed by atoms with Crippen molar-refractivity contribution in [1.29, 1.82) is 0 Å². The topological polar surface area (TPSA) is 43.7 Å². The average Bonchev–Trinajstić information content (AvgIpc) is 2.16. The van der Waals surface area contributed by atoms with Crippen molar-refractivity contribution in [3.05, 3.63) is 0 Å². The third-order valence-corrected chi connectivity index (χ3v) is 2.47. The molecule has 0 heterocycles. The molecule has 1 unspecified atom stereocenters. The third kappa shape index (κ3) is 8.48. The van der Waals surface area contributed by atoms with Gasteiger partial charge in [0.25, 0.3) is 0 Å². The zero-order chi connectivity index (χ0) is 10.8. The summed E-state index contributed by atoms with van der Waals surface area (Å²) in [5, 5.41) is 18.0. The van der Waals surface area contributed by atoms with Crippen molar-refractivity contribution in [3.63, 3.8) is 0 Å². The van der Waals surface area contributed by atoms with E-state index in [-0.39, 0.29) is 6.23 Å². The first-order chi connectivity index (χ1) is 6.68. The zero-order valence-corrected chi connectivity index (χ0v) is 9.58. The van der Waals surface area contributed by atoms with Gasteiger partial charge >= 0.3 is 0 Å². The van der Waals surface area contributed by atoms with Crippen LogP contribution in [0.5, 0.6) is 0 Å². The van der Waals surface area contributed by atoms with Crippen LogP contribution in [0.15, 0.2) is 0 Å². The van der Waals surface area contributed by atoms with E-state index < -0.39 is 0 Å². The Hall–Kier alpha value is -0.120. The number of hydrogen-bond acceptors (Lipinski definition) is 3. The molecule has 0 radical (unpaired) electrons. The van der Waals surface area contributed by atoms with Crippen LogP contribution in [-0.4, -0.2) is 42.0 Å². The molecule has 0 bridgehead atoms. The Balaban J connectivity index is 3.06. The van der Waals surface area contributed by atoms with Crippen LogP contribution in [0.3, 0.4) is 0 Å². The van der Waals surface area contributed by atoms with Gasteiger partial charge in [-0.3, -0.25) is 4.90 Å². The minimum atomic E-state index is -0.285. The predicted molar refractivity (Wildman–Crippen MR) is 59.1 cm³/mol. The summed E-state index contributed by atoms with van der Waals surface area (Å²) in [6.45, 7) is 0.319. The summed E-state index contributed by atoms with van der Waals surface area (Å²) in [5.41, 5.74) is 0. The molecule has 0 aliphatic carbocycles. The van der Waals surface area contributed by atoms with E-state index >= 15 is 0 Å². The molecule has 0 aliphatic rings. The number of aliphatic hydroxyl groups excluding tert-OH is 2. The van der Waals surface area contributed by atoms with Crippen LogP contribution in [0, 0.1) is 0 Å². The molecule has 0 saturated carbocycles. The van der Waals surface area contributed by atoms with Gasteiger partial charge in [0, 0.05) is 6.61 Å². The quantitative estimate of drug-likeness (QED) is 0.442. The van der Waals surface area contributed by atoms with Gasteiger partial charge in [-0.15, -0.1) is 0 Å². The first-order valence-corrected chi connectivity index (χ1v) is 5.64. The molecule has 3 heteroatoms. The van der Waals surface area contributed by atoms with Crippen molar-refractivity contribution in [1.82, 2.24) is 4.90 Å². The highest BCUT2D eigenvalue weighted by Gasteiger charge is 2.04. The highest BCUT2D eigenvalue weighted by molar-refractivity contribution is 4.52. The van der Waals surface area contributed by atoms with Crippen LogP contribution in [0.2, 0.25) is 0 Å².